The second-order valence-electron chi connectivity index (χ2n) is 11.5. The van der Waals surface area contributed by atoms with Crippen LogP contribution in [0.3, 0.4) is 0 Å². The molecule has 9 nitrogen and oxygen atoms in total. The van der Waals surface area contributed by atoms with E-state index in [2.05, 4.69) is 39.2 Å². The highest BCUT2D eigenvalue weighted by Crippen LogP contribution is 2.46. The van der Waals surface area contributed by atoms with Gasteiger partial charge in [-0.05, 0) is 51.9 Å². The second-order valence-corrected chi connectivity index (χ2v) is 12.0. The van der Waals surface area contributed by atoms with Crippen LogP contribution in [0.1, 0.15) is 25.7 Å². The van der Waals surface area contributed by atoms with Crippen molar-refractivity contribution in [2.45, 2.75) is 37.8 Å². The van der Waals surface area contributed by atoms with Crippen molar-refractivity contribution in [2.75, 3.05) is 51.0 Å². The number of para-hydroxylation sites is 1. The first-order valence-electron chi connectivity index (χ1n) is 13.4. The average molecular weight is 552 g/mol. The third-order valence-corrected chi connectivity index (χ3v) is 8.48. The Labute approximate surface area is 230 Å². The molecule has 4 aromatic rings. The Bertz CT molecular complexity index is 1580. The molecule has 2 aliphatic heterocycles. The first-order chi connectivity index (χ1) is 18.8. The van der Waals surface area contributed by atoms with Crippen molar-refractivity contribution in [1.82, 2.24) is 25.2 Å². The van der Waals surface area contributed by atoms with Gasteiger partial charge in [-0.15, -0.1) is 0 Å². The van der Waals surface area contributed by atoms with E-state index in [1.807, 2.05) is 0 Å². The summed E-state index contributed by atoms with van der Waals surface area (Å²) in [4.78, 5) is 18.1. The normalized spacial score (nSPS) is 21.8. The van der Waals surface area contributed by atoms with Crippen molar-refractivity contribution in [3.8, 4) is 17.1 Å². The zero-order valence-electron chi connectivity index (χ0n) is 22.0. The molecular formula is C28H31ClFN7O2. The number of nitrogens with one attached hydrogen (secondary N) is 1. The number of hydrogen-bond acceptors (Lipinski definition) is 9. The minimum Gasteiger partial charge on any atom is -0.463 e. The second kappa shape index (κ2) is 9.18. The van der Waals surface area contributed by atoms with Crippen LogP contribution in [-0.2, 0) is 0 Å². The summed E-state index contributed by atoms with van der Waals surface area (Å²) in [7, 11) is 4.13. The molecule has 3 fully saturated rings. The van der Waals surface area contributed by atoms with Gasteiger partial charge in [0, 0.05) is 53.6 Å². The van der Waals surface area contributed by atoms with Gasteiger partial charge in [0.2, 0.25) is 0 Å². The highest BCUT2D eigenvalue weighted by molar-refractivity contribution is 6.34. The van der Waals surface area contributed by atoms with E-state index in [0.717, 1.165) is 45.3 Å². The van der Waals surface area contributed by atoms with E-state index in [-0.39, 0.29) is 33.5 Å². The molecule has 204 valence electrons. The monoisotopic (exact) mass is 551 g/mol. The van der Waals surface area contributed by atoms with E-state index >= 15 is 4.39 Å². The van der Waals surface area contributed by atoms with Gasteiger partial charge in [-0.3, -0.25) is 0 Å². The molecule has 2 bridgehead atoms. The van der Waals surface area contributed by atoms with Gasteiger partial charge in [-0.1, -0.05) is 23.7 Å². The fourth-order valence-electron chi connectivity index (χ4n) is 6.26. The predicted molar refractivity (Wildman–Crippen MR) is 150 cm³/mol. The molecule has 2 unspecified atom stereocenters. The number of aromatic nitrogens is 3. The number of ether oxygens (including phenoxy) is 1. The smallest absolute Gasteiger partial charge is 0.319 e. The van der Waals surface area contributed by atoms with E-state index in [0.29, 0.717) is 46.6 Å². The average Bonchev–Trinajstić information content (AvgIpc) is 3.41. The zero-order valence-corrected chi connectivity index (χ0v) is 22.8. The highest BCUT2D eigenvalue weighted by atomic mass is 35.5. The van der Waals surface area contributed by atoms with E-state index in [4.69, 9.17) is 31.5 Å². The van der Waals surface area contributed by atoms with Gasteiger partial charge in [0.1, 0.15) is 16.9 Å². The van der Waals surface area contributed by atoms with E-state index < -0.39 is 5.82 Å². The number of rotatable bonds is 7. The third kappa shape index (κ3) is 4.44. The van der Waals surface area contributed by atoms with Crippen LogP contribution in [0.25, 0.3) is 33.1 Å². The number of piperazine rings is 1. The Morgan fingerprint density at radius 3 is 2.67 bits per heavy atom. The van der Waals surface area contributed by atoms with Gasteiger partial charge < -0.3 is 30.0 Å². The first kappa shape index (κ1) is 24.8. The number of nitrogens with two attached hydrogens (primary N) is 1. The van der Waals surface area contributed by atoms with Gasteiger partial charge >= 0.3 is 6.01 Å². The quantitative estimate of drug-likeness (QED) is 0.344. The summed E-state index contributed by atoms with van der Waals surface area (Å²) >= 11 is 6.80. The summed E-state index contributed by atoms with van der Waals surface area (Å²) in [5.74, 6) is 0.106. The van der Waals surface area contributed by atoms with Crippen LogP contribution in [0.15, 0.2) is 28.7 Å². The number of hydrogen-bond donors (Lipinski definition) is 2. The van der Waals surface area contributed by atoms with Gasteiger partial charge in [0.15, 0.2) is 11.4 Å². The van der Waals surface area contributed by atoms with Crippen LogP contribution in [-0.4, -0.2) is 72.3 Å². The van der Waals surface area contributed by atoms with Crippen molar-refractivity contribution in [3.05, 3.63) is 35.1 Å². The summed E-state index contributed by atoms with van der Waals surface area (Å²) in [5, 5.41) is 4.46. The fourth-order valence-corrected chi connectivity index (χ4v) is 6.56. The molecular weight excluding hydrogens is 521 g/mol. The van der Waals surface area contributed by atoms with Crippen molar-refractivity contribution < 1.29 is 13.5 Å². The van der Waals surface area contributed by atoms with Gasteiger partial charge in [0.25, 0.3) is 6.01 Å². The lowest BCUT2D eigenvalue weighted by molar-refractivity contribution is 0.183. The van der Waals surface area contributed by atoms with Gasteiger partial charge in [-0.2, -0.15) is 15.0 Å². The molecule has 1 aliphatic carbocycles. The summed E-state index contributed by atoms with van der Waals surface area (Å²) in [6.45, 7) is 2.98. The van der Waals surface area contributed by atoms with Crippen molar-refractivity contribution >= 4 is 45.4 Å². The number of halogens is 2. The summed E-state index contributed by atoms with van der Waals surface area (Å²) in [6.07, 6.45) is 4.41. The minimum absolute atomic E-state index is 0.00938. The molecule has 2 atom stereocenters. The molecule has 2 aromatic carbocycles. The summed E-state index contributed by atoms with van der Waals surface area (Å²) in [5.41, 5.74) is 7.65. The predicted octanol–water partition coefficient (Wildman–Crippen LogP) is 4.47. The number of oxazole rings is 1. The fraction of sp³-hybridized carbons (Fsp3) is 0.464. The van der Waals surface area contributed by atoms with E-state index in [1.165, 1.54) is 0 Å². The molecule has 3 aliphatic rings. The number of benzene rings is 2. The molecule has 0 spiro atoms. The molecule has 2 saturated heterocycles. The van der Waals surface area contributed by atoms with Crippen LogP contribution in [0.5, 0.6) is 6.01 Å². The number of nitrogen functional groups attached to an aromatic ring is 1. The number of nitrogens with zero attached hydrogens (tertiary/aromatic N) is 5. The molecule has 2 aromatic heterocycles. The largest absolute Gasteiger partial charge is 0.463 e. The van der Waals surface area contributed by atoms with Gasteiger partial charge in [-0.25, -0.2) is 4.39 Å². The standard InChI is InChI=1S/C28H31ClFN7O2/c1-36(2)13-28(8-9-28)14-38-27-34-24-18(25(35-27)37-11-15-6-7-16(12-37)32-15)10-19(29)21(22(24)30)17-4-3-5-20-23(17)33-26(31)39-20/h3-5,10,15-16,32H,6-9,11-14H2,1-2H3,(H2,31,33). The molecule has 0 radical (unpaired) electrons. The van der Waals surface area contributed by atoms with Crippen molar-refractivity contribution in [3.63, 3.8) is 0 Å². The molecule has 39 heavy (non-hydrogen) atoms. The maximum absolute atomic E-state index is 16.5. The van der Waals surface area contributed by atoms with Crippen LogP contribution in [0.2, 0.25) is 5.02 Å². The maximum Gasteiger partial charge on any atom is 0.319 e. The Morgan fingerprint density at radius 1 is 1.18 bits per heavy atom. The third-order valence-electron chi connectivity index (χ3n) is 8.18. The SMILES string of the molecule is CN(C)CC1(COc2nc(N3CC4CCC(C3)N4)c3cc(Cl)c(-c4cccc5oc(N)nc45)c(F)c3n2)CC1. The lowest BCUT2D eigenvalue weighted by atomic mass is 10.0. The van der Waals surface area contributed by atoms with E-state index in [1.54, 1.807) is 24.3 Å². The Balaban J connectivity index is 1.36. The Morgan fingerprint density at radius 2 is 1.95 bits per heavy atom. The van der Waals surface area contributed by atoms with Crippen LogP contribution >= 0.6 is 11.6 Å². The van der Waals surface area contributed by atoms with Crippen LogP contribution in [0.4, 0.5) is 16.2 Å². The zero-order chi connectivity index (χ0) is 26.9. The lowest BCUT2D eigenvalue weighted by Crippen LogP contribution is -2.51. The molecule has 7 rings (SSSR count). The first-order valence-corrected chi connectivity index (χ1v) is 13.8. The van der Waals surface area contributed by atoms with E-state index in [9.17, 15) is 0 Å². The number of fused-ring (bicyclic) bond motifs is 4. The van der Waals surface area contributed by atoms with Gasteiger partial charge in [0.05, 0.1) is 11.6 Å². The lowest BCUT2D eigenvalue weighted by Gasteiger charge is -2.34. The molecule has 11 heteroatoms. The van der Waals surface area contributed by atoms with Crippen molar-refractivity contribution in [1.29, 1.82) is 0 Å². The van der Waals surface area contributed by atoms with Crippen molar-refractivity contribution in [2.24, 2.45) is 5.41 Å². The molecule has 1 saturated carbocycles. The summed E-state index contributed by atoms with van der Waals surface area (Å²) in [6, 6.07) is 7.96. The van der Waals surface area contributed by atoms with Crippen LogP contribution < -0.4 is 20.7 Å². The maximum atomic E-state index is 16.5. The van der Waals surface area contributed by atoms with Crippen LogP contribution in [0, 0.1) is 11.2 Å². The molecule has 0 amide bonds. The number of anilines is 2. The molecule has 4 heterocycles. The molecule has 3 N–H and O–H groups in total. The minimum atomic E-state index is -0.549. The summed E-state index contributed by atoms with van der Waals surface area (Å²) < 4.78 is 28.2. The Hall–Kier alpha value is -3.21. The highest BCUT2D eigenvalue weighted by Gasteiger charge is 2.44. The topological polar surface area (TPSA) is 106 Å². The Kier molecular flexibility index (Phi) is 5.84.